The molecule has 0 aromatic carbocycles. The zero-order valence-corrected chi connectivity index (χ0v) is 10.7. The Bertz CT molecular complexity index is 137. The molecular weight excluding hydrogens is 158 g/mol. The van der Waals surface area contributed by atoms with Gasteiger partial charge in [-0.3, -0.25) is 0 Å². The zero-order chi connectivity index (χ0) is 10.9. The van der Waals surface area contributed by atoms with Crippen molar-refractivity contribution in [1.29, 1.82) is 0 Å². The second-order valence-electron chi connectivity index (χ2n) is 5.88. The van der Waals surface area contributed by atoms with Gasteiger partial charge in [-0.25, -0.2) is 0 Å². The summed E-state index contributed by atoms with van der Waals surface area (Å²) in [5, 5.41) is 3.73. The lowest BCUT2D eigenvalue weighted by molar-refractivity contribution is 0.169. The van der Waals surface area contributed by atoms with Crippen LogP contribution >= 0.6 is 0 Å². The Balaban J connectivity index is 4.42. The fraction of sp³-hybridized carbons (Fsp3) is 1.00. The Morgan fingerprint density at radius 3 is 1.08 bits per heavy atom. The summed E-state index contributed by atoms with van der Waals surface area (Å²) in [4.78, 5) is 0. The van der Waals surface area contributed by atoms with E-state index in [0.717, 1.165) is 0 Å². The van der Waals surface area contributed by atoms with Gasteiger partial charge in [0.1, 0.15) is 0 Å². The minimum atomic E-state index is 0.216. The summed E-state index contributed by atoms with van der Waals surface area (Å²) in [6, 6.07) is 0. The maximum Gasteiger partial charge on any atom is 0.0153 e. The van der Waals surface area contributed by atoms with Crippen LogP contribution in [-0.2, 0) is 0 Å². The fourth-order valence-electron chi connectivity index (χ4n) is 1.12. The molecule has 1 N–H and O–H groups in total. The molecule has 0 radical (unpaired) electrons. The summed E-state index contributed by atoms with van der Waals surface area (Å²) in [6.07, 6.45) is 0. The average molecular weight is 185 g/mol. The van der Waals surface area contributed by atoms with Gasteiger partial charge in [0, 0.05) is 11.1 Å². The smallest absolute Gasteiger partial charge is 0.0153 e. The first-order valence-corrected chi connectivity index (χ1v) is 5.39. The molecule has 0 unspecified atom stereocenters. The first-order valence-electron chi connectivity index (χ1n) is 5.39. The molecular formula is C12H27N. The van der Waals surface area contributed by atoms with Gasteiger partial charge < -0.3 is 5.32 Å². The van der Waals surface area contributed by atoms with Crippen molar-refractivity contribution in [3.8, 4) is 0 Å². The second kappa shape index (κ2) is 4.00. The lowest BCUT2D eigenvalue weighted by atomic mass is 9.83. The highest BCUT2D eigenvalue weighted by Crippen LogP contribution is 2.23. The van der Waals surface area contributed by atoms with Crippen molar-refractivity contribution in [3.05, 3.63) is 0 Å². The van der Waals surface area contributed by atoms with Gasteiger partial charge >= 0.3 is 0 Å². The van der Waals surface area contributed by atoms with E-state index >= 15 is 0 Å². The van der Waals surface area contributed by atoms with Crippen molar-refractivity contribution in [2.24, 2.45) is 11.8 Å². The summed E-state index contributed by atoms with van der Waals surface area (Å²) >= 11 is 0. The number of nitrogens with one attached hydrogen (secondary N) is 1. The largest absolute Gasteiger partial charge is 0.306 e. The van der Waals surface area contributed by atoms with E-state index in [9.17, 15) is 0 Å². The van der Waals surface area contributed by atoms with Gasteiger partial charge in [-0.2, -0.15) is 0 Å². The topological polar surface area (TPSA) is 12.0 Å². The van der Waals surface area contributed by atoms with Crippen molar-refractivity contribution in [2.45, 2.75) is 66.5 Å². The van der Waals surface area contributed by atoms with Gasteiger partial charge in [0.2, 0.25) is 0 Å². The third-order valence-electron chi connectivity index (χ3n) is 3.53. The van der Waals surface area contributed by atoms with E-state index in [2.05, 4.69) is 60.7 Å². The molecule has 0 aromatic heterocycles. The fourth-order valence-corrected chi connectivity index (χ4v) is 1.12. The lowest BCUT2D eigenvalue weighted by Crippen LogP contribution is -2.57. The van der Waals surface area contributed by atoms with Gasteiger partial charge in [0.05, 0.1) is 0 Å². The van der Waals surface area contributed by atoms with E-state index in [1.807, 2.05) is 0 Å². The van der Waals surface area contributed by atoms with E-state index in [0.29, 0.717) is 11.8 Å². The summed E-state index contributed by atoms with van der Waals surface area (Å²) in [5.74, 6) is 1.32. The van der Waals surface area contributed by atoms with Crippen molar-refractivity contribution >= 4 is 0 Å². The molecule has 0 amide bonds. The minimum absolute atomic E-state index is 0.216. The van der Waals surface area contributed by atoms with Crippen molar-refractivity contribution in [1.82, 2.24) is 5.32 Å². The maximum absolute atomic E-state index is 3.73. The van der Waals surface area contributed by atoms with Crippen LogP contribution < -0.4 is 5.32 Å². The third kappa shape index (κ3) is 3.68. The summed E-state index contributed by atoms with van der Waals surface area (Å²) in [5.41, 5.74) is 0.432. The zero-order valence-electron chi connectivity index (χ0n) is 10.7. The van der Waals surface area contributed by atoms with Crippen LogP contribution in [0.4, 0.5) is 0 Å². The van der Waals surface area contributed by atoms with Crippen molar-refractivity contribution < 1.29 is 0 Å². The van der Waals surface area contributed by atoms with Crippen molar-refractivity contribution in [2.75, 3.05) is 0 Å². The van der Waals surface area contributed by atoms with E-state index in [4.69, 9.17) is 0 Å². The predicted molar refractivity (Wildman–Crippen MR) is 61.0 cm³/mol. The van der Waals surface area contributed by atoms with Gasteiger partial charge in [-0.1, -0.05) is 27.7 Å². The van der Waals surface area contributed by atoms with Gasteiger partial charge in [0.25, 0.3) is 0 Å². The van der Waals surface area contributed by atoms with Crippen LogP contribution in [-0.4, -0.2) is 11.1 Å². The van der Waals surface area contributed by atoms with Crippen LogP contribution in [0, 0.1) is 11.8 Å². The monoisotopic (exact) mass is 185 g/mol. The van der Waals surface area contributed by atoms with Gasteiger partial charge in [-0.05, 0) is 39.5 Å². The molecule has 1 nitrogen and oxygen atoms in total. The second-order valence-corrected chi connectivity index (χ2v) is 5.88. The molecule has 0 atom stereocenters. The highest BCUT2D eigenvalue weighted by Gasteiger charge is 2.31. The first kappa shape index (κ1) is 13.0. The molecule has 0 aliphatic rings. The molecule has 0 heterocycles. The SMILES string of the molecule is CC(C)C(C)(C)NC(C)(C)C(C)C. The molecule has 0 spiro atoms. The average Bonchev–Trinajstić information content (AvgIpc) is 1.83. The van der Waals surface area contributed by atoms with Crippen LogP contribution in [0.3, 0.4) is 0 Å². The molecule has 0 saturated heterocycles. The van der Waals surface area contributed by atoms with Gasteiger partial charge in [-0.15, -0.1) is 0 Å². The first-order chi connectivity index (χ1) is 5.59. The molecule has 0 aromatic rings. The van der Waals surface area contributed by atoms with Crippen molar-refractivity contribution in [3.63, 3.8) is 0 Å². The molecule has 0 aliphatic heterocycles. The molecule has 0 saturated carbocycles. The van der Waals surface area contributed by atoms with E-state index in [1.54, 1.807) is 0 Å². The van der Waals surface area contributed by atoms with E-state index in [1.165, 1.54) is 0 Å². The molecule has 0 rings (SSSR count). The van der Waals surface area contributed by atoms with Crippen LogP contribution in [0.1, 0.15) is 55.4 Å². The molecule has 0 aliphatic carbocycles. The highest BCUT2D eigenvalue weighted by molar-refractivity contribution is 4.91. The Hall–Kier alpha value is -0.0400. The Morgan fingerprint density at radius 1 is 0.692 bits per heavy atom. The maximum atomic E-state index is 3.73. The normalized spacial score (nSPS) is 14.3. The van der Waals surface area contributed by atoms with Crippen LogP contribution in [0.2, 0.25) is 0 Å². The summed E-state index contributed by atoms with van der Waals surface area (Å²) < 4.78 is 0. The Morgan fingerprint density at radius 2 is 0.923 bits per heavy atom. The summed E-state index contributed by atoms with van der Waals surface area (Å²) in [7, 11) is 0. The summed E-state index contributed by atoms with van der Waals surface area (Å²) in [6.45, 7) is 18.2. The lowest BCUT2D eigenvalue weighted by Gasteiger charge is -2.42. The third-order valence-corrected chi connectivity index (χ3v) is 3.53. The van der Waals surface area contributed by atoms with Crippen LogP contribution in [0.15, 0.2) is 0 Å². The number of rotatable bonds is 4. The molecule has 0 bridgehead atoms. The highest BCUT2D eigenvalue weighted by atomic mass is 15.0. The molecule has 13 heavy (non-hydrogen) atoms. The van der Waals surface area contributed by atoms with E-state index < -0.39 is 0 Å². The quantitative estimate of drug-likeness (QED) is 0.707. The molecule has 0 fully saturated rings. The predicted octanol–water partition coefficient (Wildman–Crippen LogP) is 3.45. The Kier molecular flexibility index (Phi) is 3.98. The molecule has 1 heteroatoms. The molecule has 80 valence electrons. The van der Waals surface area contributed by atoms with Crippen LogP contribution in [0.5, 0.6) is 0 Å². The number of hydrogen-bond donors (Lipinski definition) is 1. The minimum Gasteiger partial charge on any atom is -0.306 e. The number of hydrogen-bond acceptors (Lipinski definition) is 1. The van der Waals surface area contributed by atoms with Crippen LogP contribution in [0.25, 0.3) is 0 Å². The van der Waals surface area contributed by atoms with Gasteiger partial charge in [0.15, 0.2) is 0 Å². The standard InChI is InChI=1S/C12H27N/c1-9(2)11(5,6)13-12(7,8)10(3)4/h9-10,13H,1-8H3. The van der Waals surface area contributed by atoms with E-state index in [-0.39, 0.29) is 11.1 Å². The Labute approximate surface area is 84.3 Å².